The lowest BCUT2D eigenvalue weighted by molar-refractivity contribution is 0.673. The molecule has 6 aromatic carbocycles. The third-order valence-electron chi connectivity index (χ3n) is 9.13. The SMILES string of the molecule is N=C(N=C(N=Cc1ccccc1)c1ccccc1)c1cc2c3ccccc3oc2c2c3ccc4ccccc4c3n(C3=CCC=CC=C3)c12. The summed E-state index contributed by atoms with van der Waals surface area (Å²) in [4.78, 5) is 9.85. The average molecular weight is 631 g/mol. The van der Waals surface area contributed by atoms with Crippen molar-refractivity contribution in [3.63, 3.8) is 0 Å². The van der Waals surface area contributed by atoms with Gasteiger partial charge in [-0.1, -0.05) is 140 Å². The second kappa shape index (κ2) is 11.9. The van der Waals surface area contributed by atoms with E-state index < -0.39 is 0 Å². The van der Waals surface area contributed by atoms with E-state index in [1.807, 2.05) is 78.9 Å². The molecule has 0 saturated carbocycles. The first-order chi connectivity index (χ1) is 24.2. The van der Waals surface area contributed by atoms with E-state index in [9.17, 15) is 5.41 Å². The molecule has 0 aliphatic heterocycles. The quantitative estimate of drug-likeness (QED) is 0.153. The van der Waals surface area contributed by atoms with Gasteiger partial charge in [0.1, 0.15) is 11.2 Å². The second-order valence-electron chi connectivity index (χ2n) is 12.1. The summed E-state index contributed by atoms with van der Waals surface area (Å²) in [6.07, 6.45) is 13.3. The molecule has 1 N–H and O–H groups in total. The van der Waals surface area contributed by atoms with Crippen molar-refractivity contribution < 1.29 is 4.42 Å². The standard InChI is InChI=1S/C44H30N4O/c45-43(47-44(31-18-7-4-8-19-31)46-28-29-15-5-3-6-16-29)37-27-36-34-23-13-14-24-38(34)49-42(36)39-35-26-25-30-17-11-12-22-33(30)40(35)48(41(37)39)32-20-9-1-2-10-21-32/h1-9,11-28,45H,10H2. The van der Waals surface area contributed by atoms with Crippen LogP contribution in [0.3, 0.4) is 0 Å². The third kappa shape index (κ3) is 4.91. The molecular formula is C44H30N4O. The fourth-order valence-corrected chi connectivity index (χ4v) is 6.91. The van der Waals surface area contributed by atoms with Crippen molar-refractivity contribution in [1.82, 2.24) is 4.57 Å². The normalized spacial score (nSPS) is 13.7. The maximum absolute atomic E-state index is 9.75. The highest BCUT2D eigenvalue weighted by atomic mass is 16.3. The summed E-state index contributed by atoms with van der Waals surface area (Å²) < 4.78 is 8.99. The van der Waals surface area contributed by atoms with E-state index in [1.54, 1.807) is 6.21 Å². The molecule has 232 valence electrons. The van der Waals surface area contributed by atoms with Crippen LogP contribution in [0.2, 0.25) is 0 Å². The van der Waals surface area contributed by atoms with Crippen LogP contribution in [0.5, 0.6) is 0 Å². The molecule has 2 heterocycles. The van der Waals surface area contributed by atoms with Crippen molar-refractivity contribution in [3.8, 4) is 0 Å². The van der Waals surface area contributed by atoms with Crippen LogP contribution in [-0.4, -0.2) is 22.5 Å². The number of hydrogen-bond donors (Lipinski definition) is 1. The lowest BCUT2D eigenvalue weighted by Gasteiger charge is -2.13. The summed E-state index contributed by atoms with van der Waals surface area (Å²) in [6, 6.07) is 42.9. The molecule has 0 amide bonds. The number of amidine groups is 2. The molecular weight excluding hydrogens is 601 g/mol. The maximum atomic E-state index is 9.75. The van der Waals surface area contributed by atoms with Crippen molar-refractivity contribution in [2.75, 3.05) is 0 Å². The van der Waals surface area contributed by atoms with Gasteiger partial charge in [0.05, 0.1) is 16.4 Å². The van der Waals surface area contributed by atoms with Crippen LogP contribution in [0.1, 0.15) is 23.1 Å². The van der Waals surface area contributed by atoms with Gasteiger partial charge in [-0.3, -0.25) is 5.41 Å². The van der Waals surface area contributed by atoms with E-state index in [4.69, 9.17) is 14.4 Å². The summed E-state index contributed by atoms with van der Waals surface area (Å²) in [6.45, 7) is 0. The molecule has 1 aliphatic rings. The molecule has 0 atom stereocenters. The number of aliphatic imine (C=N–C) groups is 2. The van der Waals surface area contributed by atoms with Crippen LogP contribution >= 0.6 is 0 Å². The molecule has 0 spiro atoms. The van der Waals surface area contributed by atoms with Crippen LogP contribution in [0, 0.1) is 5.41 Å². The Morgan fingerprint density at radius 2 is 1.47 bits per heavy atom. The van der Waals surface area contributed by atoms with Crippen molar-refractivity contribution >= 4 is 78.1 Å². The van der Waals surface area contributed by atoms with Gasteiger partial charge in [-0.05, 0) is 35.6 Å². The van der Waals surface area contributed by atoms with Gasteiger partial charge >= 0.3 is 0 Å². The Kier molecular flexibility index (Phi) is 6.95. The number of benzene rings is 6. The summed E-state index contributed by atoms with van der Waals surface area (Å²) in [5.41, 5.74) is 7.08. The Morgan fingerprint density at radius 1 is 0.714 bits per heavy atom. The molecule has 49 heavy (non-hydrogen) atoms. The number of para-hydroxylation sites is 1. The van der Waals surface area contributed by atoms with Crippen molar-refractivity contribution in [2.45, 2.75) is 6.42 Å². The van der Waals surface area contributed by atoms with Gasteiger partial charge in [0.25, 0.3) is 0 Å². The predicted octanol–water partition coefficient (Wildman–Crippen LogP) is 11.1. The smallest absolute Gasteiger partial charge is 0.161 e. The maximum Gasteiger partial charge on any atom is 0.161 e. The van der Waals surface area contributed by atoms with Crippen LogP contribution in [0.15, 0.2) is 172 Å². The lowest BCUT2D eigenvalue weighted by Crippen LogP contribution is -2.07. The molecule has 0 saturated heterocycles. The Labute approximate surface area is 282 Å². The van der Waals surface area contributed by atoms with Gasteiger partial charge in [-0.15, -0.1) is 0 Å². The van der Waals surface area contributed by atoms with Gasteiger partial charge in [0, 0.05) is 44.6 Å². The number of furan rings is 1. The summed E-state index contributed by atoms with van der Waals surface area (Å²) in [7, 11) is 0. The Balaban J connectivity index is 1.40. The topological polar surface area (TPSA) is 66.6 Å². The largest absolute Gasteiger partial charge is 0.455 e. The third-order valence-corrected chi connectivity index (χ3v) is 9.13. The lowest BCUT2D eigenvalue weighted by atomic mass is 10.0. The Hall–Kier alpha value is -6.59. The summed E-state index contributed by atoms with van der Waals surface area (Å²) in [5.74, 6) is 0.580. The molecule has 2 aromatic heterocycles. The molecule has 0 radical (unpaired) electrons. The van der Waals surface area contributed by atoms with Gasteiger partial charge < -0.3 is 8.98 Å². The minimum absolute atomic E-state index is 0.117. The molecule has 1 aliphatic carbocycles. The number of nitrogens with one attached hydrogen (secondary N) is 1. The van der Waals surface area contributed by atoms with Crippen molar-refractivity contribution in [1.29, 1.82) is 5.41 Å². The summed E-state index contributed by atoms with van der Waals surface area (Å²) >= 11 is 0. The number of fused-ring (bicyclic) bond motifs is 9. The first kappa shape index (κ1) is 28.6. The van der Waals surface area contributed by atoms with E-state index in [0.717, 1.165) is 77.8 Å². The van der Waals surface area contributed by atoms with Crippen LogP contribution < -0.4 is 0 Å². The van der Waals surface area contributed by atoms with Gasteiger partial charge in [0.2, 0.25) is 0 Å². The highest BCUT2D eigenvalue weighted by Crippen LogP contribution is 2.44. The number of aromatic nitrogens is 1. The zero-order valence-electron chi connectivity index (χ0n) is 26.5. The Morgan fingerprint density at radius 3 is 2.33 bits per heavy atom. The highest BCUT2D eigenvalue weighted by Gasteiger charge is 2.25. The van der Waals surface area contributed by atoms with E-state index in [0.29, 0.717) is 11.4 Å². The van der Waals surface area contributed by atoms with E-state index >= 15 is 0 Å². The average Bonchev–Trinajstić information content (AvgIpc) is 3.57. The first-order valence-electron chi connectivity index (χ1n) is 16.4. The number of allylic oxidation sites excluding steroid dienone is 6. The molecule has 9 rings (SSSR count). The number of nitrogens with zero attached hydrogens (tertiary/aromatic N) is 3. The fraction of sp³-hybridized carbons (Fsp3) is 0.0227. The minimum atomic E-state index is 0.117. The molecule has 0 fully saturated rings. The van der Waals surface area contributed by atoms with Gasteiger partial charge in [0.15, 0.2) is 11.7 Å². The second-order valence-corrected chi connectivity index (χ2v) is 12.1. The Bertz CT molecular complexity index is 2740. The zero-order chi connectivity index (χ0) is 32.7. The molecule has 5 nitrogen and oxygen atoms in total. The number of rotatable bonds is 4. The van der Waals surface area contributed by atoms with Gasteiger partial charge in [-0.2, -0.15) is 0 Å². The van der Waals surface area contributed by atoms with Crippen LogP contribution in [0.25, 0.3) is 60.2 Å². The van der Waals surface area contributed by atoms with Crippen molar-refractivity contribution in [3.05, 3.63) is 174 Å². The van der Waals surface area contributed by atoms with Gasteiger partial charge in [-0.25, -0.2) is 9.98 Å². The molecule has 8 aromatic rings. The first-order valence-corrected chi connectivity index (χ1v) is 16.4. The monoisotopic (exact) mass is 630 g/mol. The predicted molar refractivity (Wildman–Crippen MR) is 205 cm³/mol. The van der Waals surface area contributed by atoms with Crippen LogP contribution in [-0.2, 0) is 0 Å². The van der Waals surface area contributed by atoms with E-state index in [1.165, 1.54) is 0 Å². The minimum Gasteiger partial charge on any atom is -0.455 e. The zero-order valence-corrected chi connectivity index (χ0v) is 26.5. The van der Waals surface area contributed by atoms with E-state index in [-0.39, 0.29) is 5.84 Å². The van der Waals surface area contributed by atoms with Crippen molar-refractivity contribution in [2.24, 2.45) is 9.98 Å². The fourth-order valence-electron chi connectivity index (χ4n) is 6.91. The molecule has 0 unspecified atom stereocenters. The highest BCUT2D eigenvalue weighted by molar-refractivity contribution is 6.32. The molecule has 5 heteroatoms. The molecule has 0 bridgehead atoms. The number of hydrogen-bond acceptors (Lipinski definition) is 2. The summed E-state index contributed by atoms with van der Waals surface area (Å²) in [5, 5.41) is 16.0. The van der Waals surface area contributed by atoms with Crippen LogP contribution in [0.4, 0.5) is 0 Å². The van der Waals surface area contributed by atoms with E-state index in [2.05, 4.69) is 83.5 Å².